The van der Waals surface area contributed by atoms with Crippen molar-refractivity contribution in [3.8, 4) is 0 Å². The van der Waals surface area contributed by atoms with E-state index in [1.165, 1.54) is 6.26 Å². The van der Waals surface area contributed by atoms with Crippen LogP contribution in [0.3, 0.4) is 0 Å². The van der Waals surface area contributed by atoms with Crippen LogP contribution < -0.4 is 0 Å². The Labute approximate surface area is 78.7 Å². The number of carbonyl (C=O) groups is 1. The molecule has 0 bridgehead atoms. The van der Waals surface area contributed by atoms with Gasteiger partial charge in [-0.15, -0.1) is 0 Å². The smallest absolute Gasteiger partial charge is 0.337 e. The fourth-order valence-electron chi connectivity index (χ4n) is 0.653. The second-order valence-electron chi connectivity index (χ2n) is 2.78. The normalized spacial score (nSPS) is 10.3. The van der Waals surface area contributed by atoms with Gasteiger partial charge in [-0.1, -0.05) is 6.58 Å². The van der Waals surface area contributed by atoms with Crippen molar-refractivity contribution in [1.29, 1.82) is 0 Å². The van der Waals surface area contributed by atoms with E-state index in [0.717, 1.165) is 19.3 Å². The van der Waals surface area contributed by atoms with E-state index in [4.69, 9.17) is 9.84 Å². The number of ether oxygens (including phenoxy) is 1. The molecule has 3 nitrogen and oxygen atoms in total. The number of esters is 1. The van der Waals surface area contributed by atoms with Crippen LogP contribution >= 0.6 is 0 Å². The molecule has 3 heteroatoms. The van der Waals surface area contributed by atoms with Gasteiger partial charge < -0.3 is 9.84 Å². The van der Waals surface area contributed by atoms with Gasteiger partial charge in [0.2, 0.25) is 0 Å². The third-order valence-corrected chi connectivity index (χ3v) is 1.40. The molecule has 0 aromatic carbocycles. The number of hydrogen-bond donors (Lipinski definition) is 1. The topological polar surface area (TPSA) is 46.5 Å². The van der Waals surface area contributed by atoms with Gasteiger partial charge in [-0.25, -0.2) is 4.79 Å². The summed E-state index contributed by atoms with van der Waals surface area (Å²) < 4.78 is 4.70. The molecule has 0 atom stereocenters. The minimum absolute atomic E-state index is 0.208. The largest absolute Gasteiger partial charge is 0.431 e. The zero-order valence-corrected chi connectivity index (χ0v) is 7.95. The molecule has 0 saturated carbocycles. The average Bonchev–Trinajstić information content (AvgIpc) is 2.10. The molecular formula is C10H16O3. The van der Waals surface area contributed by atoms with Gasteiger partial charge in [0.15, 0.2) is 0 Å². The zero-order chi connectivity index (χ0) is 10.1. The van der Waals surface area contributed by atoms with Crippen molar-refractivity contribution in [3.63, 3.8) is 0 Å². The van der Waals surface area contributed by atoms with Gasteiger partial charge in [0.05, 0.1) is 6.26 Å². The van der Waals surface area contributed by atoms with Gasteiger partial charge >= 0.3 is 5.97 Å². The van der Waals surface area contributed by atoms with E-state index >= 15 is 0 Å². The number of aliphatic hydroxyl groups is 1. The molecule has 0 spiro atoms. The number of hydrogen-bond acceptors (Lipinski definition) is 3. The Hall–Kier alpha value is -1.09. The van der Waals surface area contributed by atoms with Crippen molar-refractivity contribution in [3.05, 3.63) is 24.5 Å². The third kappa shape index (κ3) is 7.28. The first-order valence-electron chi connectivity index (χ1n) is 4.31. The number of aliphatic hydroxyl groups excluding tert-OH is 1. The summed E-state index contributed by atoms with van der Waals surface area (Å²) in [5, 5.41) is 8.46. The van der Waals surface area contributed by atoms with Crippen LogP contribution in [0.4, 0.5) is 0 Å². The summed E-state index contributed by atoms with van der Waals surface area (Å²) in [6.07, 6.45) is 5.62. The van der Waals surface area contributed by atoms with Gasteiger partial charge in [0.25, 0.3) is 0 Å². The maximum absolute atomic E-state index is 10.8. The summed E-state index contributed by atoms with van der Waals surface area (Å²) in [4.78, 5) is 10.8. The molecule has 13 heavy (non-hydrogen) atoms. The Balaban J connectivity index is 3.41. The fraction of sp³-hybridized carbons (Fsp3) is 0.500. The molecule has 74 valence electrons. The number of allylic oxidation sites excluding steroid dienone is 1. The van der Waals surface area contributed by atoms with Gasteiger partial charge in [0.1, 0.15) is 0 Å². The minimum atomic E-state index is -0.404. The van der Waals surface area contributed by atoms with E-state index in [1.807, 2.05) is 0 Å². The quantitative estimate of drug-likeness (QED) is 0.296. The molecule has 0 radical (unpaired) electrons. The van der Waals surface area contributed by atoms with Gasteiger partial charge in [-0.2, -0.15) is 0 Å². The van der Waals surface area contributed by atoms with Crippen LogP contribution in [0.2, 0.25) is 0 Å². The second-order valence-corrected chi connectivity index (χ2v) is 2.78. The number of unbranched alkanes of at least 4 members (excludes halogenated alkanes) is 2. The Morgan fingerprint density at radius 1 is 1.54 bits per heavy atom. The van der Waals surface area contributed by atoms with Crippen molar-refractivity contribution in [2.45, 2.75) is 26.2 Å². The maximum Gasteiger partial charge on any atom is 0.337 e. The monoisotopic (exact) mass is 184 g/mol. The number of carbonyl (C=O) groups excluding carboxylic acids is 1. The van der Waals surface area contributed by atoms with Crippen molar-refractivity contribution in [2.24, 2.45) is 0 Å². The molecule has 0 amide bonds. The predicted molar refractivity (Wildman–Crippen MR) is 51.0 cm³/mol. The minimum Gasteiger partial charge on any atom is -0.431 e. The van der Waals surface area contributed by atoms with Crippen LogP contribution in [-0.2, 0) is 9.53 Å². The lowest BCUT2D eigenvalue weighted by Gasteiger charge is -1.96. The summed E-state index contributed by atoms with van der Waals surface area (Å²) in [7, 11) is 0. The van der Waals surface area contributed by atoms with Gasteiger partial charge in [-0.3, -0.25) is 0 Å². The molecule has 0 heterocycles. The molecule has 0 fully saturated rings. The Kier molecular flexibility index (Phi) is 6.92. The lowest BCUT2D eigenvalue weighted by atomic mass is 10.2. The standard InChI is InChI=1S/C10H16O3/c1-9(2)10(12)13-8-6-4-3-5-7-11/h6,8,11H,1,3-5,7H2,2H3. The highest BCUT2D eigenvalue weighted by atomic mass is 16.5. The third-order valence-electron chi connectivity index (χ3n) is 1.40. The molecule has 0 aromatic rings. The second kappa shape index (κ2) is 7.55. The van der Waals surface area contributed by atoms with E-state index in [0.29, 0.717) is 5.57 Å². The summed E-state index contributed by atoms with van der Waals surface area (Å²) in [5.74, 6) is -0.404. The Bertz CT molecular complexity index is 194. The molecule has 0 unspecified atom stereocenters. The molecule has 1 N–H and O–H groups in total. The summed E-state index contributed by atoms with van der Waals surface area (Å²) in [6.45, 7) is 5.25. The Morgan fingerprint density at radius 2 is 2.23 bits per heavy atom. The summed E-state index contributed by atoms with van der Waals surface area (Å²) in [6, 6.07) is 0. The van der Waals surface area contributed by atoms with Gasteiger partial charge in [0, 0.05) is 12.2 Å². The average molecular weight is 184 g/mol. The first kappa shape index (κ1) is 11.9. The maximum atomic E-state index is 10.8. The molecule has 0 saturated heterocycles. The van der Waals surface area contributed by atoms with E-state index in [2.05, 4.69) is 6.58 Å². The lowest BCUT2D eigenvalue weighted by Crippen LogP contribution is -1.98. The van der Waals surface area contributed by atoms with Crippen molar-refractivity contribution in [2.75, 3.05) is 6.61 Å². The van der Waals surface area contributed by atoms with Crippen LogP contribution in [0.25, 0.3) is 0 Å². The molecule has 0 aromatic heterocycles. The van der Waals surface area contributed by atoms with Crippen molar-refractivity contribution >= 4 is 5.97 Å². The molecule has 0 rings (SSSR count). The van der Waals surface area contributed by atoms with Crippen LogP contribution in [0.5, 0.6) is 0 Å². The SMILES string of the molecule is C=C(C)C(=O)OC=CCCCCO. The molecule has 0 aliphatic rings. The molecule has 0 aliphatic carbocycles. The van der Waals surface area contributed by atoms with Crippen LogP contribution in [-0.4, -0.2) is 17.7 Å². The summed E-state index contributed by atoms with van der Waals surface area (Å²) >= 11 is 0. The first-order valence-corrected chi connectivity index (χ1v) is 4.31. The highest BCUT2D eigenvalue weighted by Gasteiger charge is 1.98. The zero-order valence-electron chi connectivity index (χ0n) is 7.95. The predicted octanol–water partition coefficient (Wildman–Crippen LogP) is 1.78. The van der Waals surface area contributed by atoms with Crippen LogP contribution in [0, 0.1) is 0 Å². The van der Waals surface area contributed by atoms with E-state index in [-0.39, 0.29) is 6.61 Å². The Morgan fingerprint density at radius 3 is 2.77 bits per heavy atom. The summed E-state index contributed by atoms with van der Waals surface area (Å²) in [5.41, 5.74) is 0.389. The first-order chi connectivity index (χ1) is 6.18. The molecular weight excluding hydrogens is 168 g/mol. The van der Waals surface area contributed by atoms with Crippen LogP contribution in [0.1, 0.15) is 26.2 Å². The number of rotatable bonds is 6. The highest BCUT2D eigenvalue weighted by molar-refractivity contribution is 5.87. The van der Waals surface area contributed by atoms with E-state index in [9.17, 15) is 4.79 Å². The van der Waals surface area contributed by atoms with Gasteiger partial charge in [-0.05, 0) is 32.3 Å². The van der Waals surface area contributed by atoms with Crippen LogP contribution in [0.15, 0.2) is 24.5 Å². The van der Waals surface area contributed by atoms with E-state index < -0.39 is 5.97 Å². The van der Waals surface area contributed by atoms with Crippen molar-refractivity contribution < 1.29 is 14.6 Å². The lowest BCUT2D eigenvalue weighted by molar-refractivity contribution is -0.133. The fourth-order valence-corrected chi connectivity index (χ4v) is 0.653. The van der Waals surface area contributed by atoms with Crippen molar-refractivity contribution in [1.82, 2.24) is 0 Å². The highest BCUT2D eigenvalue weighted by Crippen LogP contribution is 1.97. The van der Waals surface area contributed by atoms with E-state index in [1.54, 1.807) is 13.0 Å². The molecule has 0 aliphatic heterocycles.